The van der Waals surface area contributed by atoms with Gasteiger partial charge in [-0.15, -0.1) is 0 Å². The highest BCUT2D eigenvalue weighted by atomic mass is 16.5. The zero-order valence-corrected chi connectivity index (χ0v) is 53.5. The second kappa shape index (κ2) is 30.0. The Morgan fingerprint density at radius 3 is 1.04 bits per heavy atom. The lowest BCUT2D eigenvalue weighted by atomic mass is 9.49. The normalized spacial score (nSPS) is 13.1. The van der Waals surface area contributed by atoms with E-state index < -0.39 is 13.7 Å². The third kappa shape index (κ3) is 12.6. The highest BCUT2D eigenvalue weighted by Gasteiger charge is 2.40. The number of rotatable bonds is 26. The van der Waals surface area contributed by atoms with Gasteiger partial charge in [0.05, 0.1) is 104 Å². The van der Waals surface area contributed by atoms with Gasteiger partial charge in [0.1, 0.15) is 35.1 Å². The molecule has 474 valence electrons. The van der Waals surface area contributed by atoms with Gasteiger partial charge in [-0.1, -0.05) is 109 Å². The smallest absolute Gasteiger partial charge is 0.328 e. The van der Waals surface area contributed by atoms with Crippen molar-refractivity contribution in [1.82, 2.24) is 8.96 Å². The summed E-state index contributed by atoms with van der Waals surface area (Å²) in [5.41, 5.74) is 7.84. The van der Waals surface area contributed by atoms with Gasteiger partial charge in [0.25, 0.3) is 0 Å². The maximum Gasteiger partial charge on any atom is 0.328 e. The van der Waals surface area contributed by atoms with Crippen LogP contribution in [0.2, 0.25) is 0 Å². The molecule has 3 heterocycles. The zero-order chi connectivity index (χ0) is 66.7. The largest absolute Gasteiger partial charge is 0.507 e. The van der Waals surface area contributed by atoms with Crippen LogP contribution < -0.4 is 32.5 Å². The SMILES string of the molecule is COCc1cc(B(c2cc(COC)c(O)c(COC)c2)n2c(-c3ccccc3C#N)c3/c(=C(\C#N)C4=NC=CC4)n(B(c4cc(COC)c(O)c(COC)c4)c4cc(COC)c(O)c(COC)c4)c(-c4ccccc4C#N)c3/c2=C(\C#N)C2=CCC=C2)cc(COC)c1O. The van der Waals surface area contributed by atoms with Gasteiger partial charge in [-0.2, -0.15) is 21.0 Å². The quantitative estimate of drug-likeness (QED) is 0.0384. The highest BCUT2D eigenvalue weighted by Crippen LogP contribution is 2.40. The minimum Gasteiger partial charge on any atom is -0.507 e. The minimum absolute atomic E-state index is 0.0619. The summed E-state index contributed by atoms with van der Waals surface area (Å²) < 4.78 is 50.4. The van der Waals surface area contributed by atoms with Crippen molar-refractivity contribution >= 4 is 63.2 Å². The molecule has 19 nitrogen and oxygen atoms in total. The van der Waals surface area contributed by atoms with Crippen molar-refractivity contribution in [3.05, 3.63) is 199 Å². The molecule has 0 unspecified atom stereocenters. The first-order valence-corrected chi connectivity index (χ1v) is 30.1. The van der Waals surface area contributed by atoms with E-state index in [1.165, 1.54) is 56.9 Å². The number of methoxy groups -OCH3 is 8. The highest BCUT2D eigenvalue weighted by molar-refractivity contribution is 6.85. The first-order chi connectivity index (χ1) is 45.8. The molecule has 4 N–H and O–H groups in total. The summed E-state index contributed by atoms with van der Waals surface area (Å²) in [7, 11) is 12.1. The third-order valence-electron chi connectivity index (χ3n) is 16.8. The molecular formula is C73H69B2N7O12. The molecule has 1 aliphatic heterocycles. The molecule has 1 aliphatic carbocycles. The van der Waals surface area contributed by atoms with Gasteiger partial charge in [-0.25, -0.2) is 0 Å². The fraction of sp³-hybridized carbons (Fsp3) is 0.247. The third-order valence-corrected chi connectivity index (χ3v) is 16.8. The zero-order valence-electron chi connectivity index (χ0n) is 53.5. The molecular weight excluding hydrogens is 1190 g/mol. The molecule has 0 radical (unpaired) electrons. The number of ether oxygens (including phenoxy) is 8. The second-order valence-electron chi connectivity index (χ2n) is 22.7. The molecule has 0 fully saturated rings. The standard InChI is InChI=1S/C73H69B2N7O12/c1-87-36-47-24-55(25-48(37-88-2)70(47)83)74(56-26-49(38-89-3)71(84)50(27-56)39-90-4)81-67(60-21-14-12-19-46(60)33-77)65-64(68(81)61(34-78)44-16-9-10-17-44)66(59-20-13-11-18-45(59)32-76)82(69(65)62(35-79)63-22-15-23-80-63)75(57-28-51(40-91-5)72(85)52(29-57)41-92-6)58-30-53(42-93-7)73(86)54(31-58)43-94-8/h9,11-21,23-31,83-86H,10,22,36-43H2,1-8H3/b68-61-,69-62-. The lowest BCUT2D eigenvalue weighted by molar-refractivity contribution is 0.174. The topological polar surface area (TPSA) is 272 Å². The van der Waals surface area contributed by atoms with Crippen LogP contribution in [0.3, 0.4) is 0 Å². The van der Waals surface area contributed by atoms with Crippen molar-refractivity contribution in [2.75, 3.05) is 56.9 Å². The molecule has 10 rings (SSSR count). The monoisotopic (exact) mass is 1260 g/mol. The van der Waals surface area contributed by atoms with Gasteiger partial charge in [-0.3, -0.25) is 4.99 Å². The number of phenols is 4. The predicted octanol–water partition coefficient (Wildman–Crippen LogP) is 7.42. The summed E-state index contributed by atoms with van der Waals surface area (Å²) in [5, 5.41) is 97.9. The lowest BCUT2D eigenvalue weighted by Crippen LogP contribution is -2.55. The van der Waals surface area contributed by atoms with E-state index in [0.29, 0.717) is 117 Å². The predicted molar refractivity (Wildman–Crippen MR) is 360 cm³/mol. The summed E-state index contributed by atoms with van der Waals surface area (Å²) >= 11 is 0. The number of allylic oxidation sites excluding steroid dienone is 5. The van der Waals surface area contributed by atoms with Gasteiger partial charge >= 0.3 is 13.7 Å². The number of benzene rings is 6. The van der Waals surface area contributed by atoms with Crippen LogP contribution in [0, 0.1) is 45.3 Å². The van der Waals surface area contributed by atoms with Crippen LogP contribution in [0.15, 0.2) is 138 Å². The van der Waals surface area contributed by atoms with Gasteiger partial charge in [0.2, 0.25) is 0 Å². The van der Waals surface area contributed by atoms with Gasteiger partial charge in [0, 0.05) is 147 Å². The Balaban J connectivity index is 1.66. The van der Waals surface area contributed by atoms with Crippen molar-refractivity contribution < 1.29 is 58.3 Å². The molecule has 0 saturated heterocycles. The number of nitriles is 4. The van der Waals surface area contributed by atoms with E-state index in [-0.39, 0.29) is 115 Å². The molecule has 0 amide bonds. The Labute approximate surface area is 545 Å². The Bertz CT molecular complexity index is 4410. The number of aromatic nitrogens is 2. The first-order valence-electron chi connectivity index (χ1n) is 30.1. The summed E-state index contributed by atoms with van der Waals surface area (Å²) in [5.74, 6) is -0.334. The van der Waals surface area contributed by atoms with Gasteiger partial charge in [0.15, 0.2) is 0 Å². The van der Waals surface area contributed by atoms with E-state index in [0.717, 1.165) is 0 Å². The number of fused-ring (bicyclic) bond motifs is 1. The fourth-order valence-electron chi connectivity index (χ4n) is 13.1. The number of phenolic OH excluding ortho intramolecular Hbond substituents is 4. The van der Waals surface area contributed by atoms with Gasteiger partial charge < -0.3 is 67.3 Å². The number of aromatic hydroxyl groups is 4. The van der Waals surface area contributed by atoms with Crippen LogP contribution in [-0.2, 0) is 90.7 Å². The lowest BCUT2D eigenvalue weighted by Gasteiger charge is -2.27. The summed E-state index contributed by atoms with van der Waals surface area (Å²) in [6.07, 6.45) is 9.85. The van der Waals surface area contributed by atoms with Crippen molar-refractivity contribution in [1.29, 1.82) is 21.0 Å². The van der Waals surface area contributed by atoms with Crippen LogP contribution in [0.4, 0.5) is 0 Å². The first kappa shape index (κ1) is 66.7. The van der Waals surface area contributed by atoms with E-state index in [1.807, 2.05) is 69.7 Å². The maximum atomic E-state index is 12.5. The Morgan fingerprint density at radius 1 is 0.457 bits per heavy atom. The number of nitrogens with zero attached hydrogens (tertiary/aromatic N) is 7. The Kier molecular flexibility index (Phi) is 21.3. The molecule has 0 saturated carbocycles. The van der Waals surface area contributed by atoms with E-state index in [1.54, 1.807) is 66.9 Å². The summed E-state index contributed by atoms with van der Waals surface area (Å²) in [6.45, 7) is -2.82. The molecule has 0 spiro atoms. The number of hydrogen-bond acceptors (Lipinski definition) is 17. The van der Waals surface area contributed by atoms with Crippen molar-refractivity contribution in [3.63, 3.8) is 0 Å². The Hall–Kier alpha value is -10.3. The van der Waals surface area contributed by atoms with E-state index in [9.17, 15) is 41.5 Å². The average Bonchev–Trinajstić information content (AvgIpc) is 1.52. The van der Waals surface area contributed by atoms with Gasteiger partial charge in [-0.05, 0) is 46.0 Å². The Morgan fingerprint density at radius 2 is 0.777 bits per heavy atom. The second-order valence-corrected chi connectivity index (χ2v) is 22.7. The molecule has 94 heavy (non-hydrogen) atoms. The summed E-state index contributed by atoms with van der Waals surface area (Å²) in [4.78, 5) is 4.91. The van der Waals surface area contributed by atoms with Crippen LogP contribution in [-0.4, -0.2) is 106 Å². The van der Waals surface area contributed by atoms with Crippen LogP contribution in [0.5, 0.6) is 23.0 Å². The van der Waals surface area contributed by atoms with Crippen molar-refractivity contribution in [3.8, 4) is 69.8 Å². The molecule has 0 atom stereocenters. The summed E-state index contributed by atoms with van der Waals surface area (Å²) in [6, 6.07) is 38.8. The fourth-order valence-corrected chi connectivity index (χ4v) is 13.1. The molecule has 2 aliphatic rings. The number of aliphatic imine (C=N–C) groups is 1. The minimum atomic E-state index is -1.16. The maximum absolute atomic E-state index is 12.5. The van der Waals surface area contributed by atoms with Crippen molar-refractivity contribution in [2.24, 2.45) is 4.99 Å². The molecule has 0 bridgehead atoms. The van der Waals surface area contributed by atoms with E-state index >= 15 is 0 Å². The molecule has 6 aromatic carbocycles. The van der Waals surface area contributed by atoms with E-state index in [2.05, 4.69) is 24.3 Å². The van der Waals surface area contributed by atoms with Crippen LogP contribution in [0.25, 0.3) is 44.4 Å². The molecule has 21 heteroatoms. The van der Waals surface area contributed by atoms with Crippen LogP contribution in [0.1, 0.15) is 68.5 Å². The molecule has 8 aromatic rings. The molecule has 2 aromatic heterocycles. The van der Waals surface area contributed by atoms with Crippen LogP contribution >= 0.6 is 0 Å². The number of hydrogen-bond donors (Lipinski definition) is 4. The van der Waals surface area contributed by atoms with E-state index in [4.69, 9.17) is 42.9 Å². The average molecular weight is 1260 g/mol. The van der Waals surface area contributed by atoms with Crippen molar-refractivity contribution in [2.45, 2.75) is 65.7 Å².